The smallest absolute Gasteiger partial charge is 0.339 e. The van der Waals surface area contributed by atoms with Gasteiger partial charge in [0.2, 0.25) is 0 Å². The summed E-state index contributed by atoms with van der Waals surface area (Å²) in [6.45, 7) is 0. The molecule has 6 aromatic carbocycles. The average Bonchev–Trinajstić information content (AvgIpc) is 3.13. The van der Waals surface area contributed by atoms with Crippen LogP contribution in [0.1, 0.15) is 72.1 Å². The molecule has 6 aromatic rings. The molecular formula is C43H41NO4. The third-order valence-electron chi connectivity index (χ3n) is 10.9. The van der Waals surface area contributed by atoms with Gasteiger partial charge in [-0.25, -0.2) is 9.59 Å². The summed E-state index contributed by atoms with van der Waals surface area (Å²) in [5.74, 6) is -0.437. The highest BCUT2D eigenvalue weighted by molar-refractivity contribution is 6.17. The number of esters is 2. The van der Waals surface area contributed by atoms with Crippen LogP contribution in [0, 0.1) is 0 Å². The molecule has 242 valence electrons. The zero-order valence-corrected chi connectivity index (χ0v) is 27.4. The van der Waals surface area contributed by atoms with Crippen LogP contribution in [0.2, 0.25) is 0 Å². The fourth-order valence-electron chi connectivity index (χ4n) is 8.33. The van der Waals surface area contributed by atoms with E-state index in [1.165, 1.54) is 0 Å². The van der Waals surface area contributed by atoms with Crippen LogP contribution in [-0.2, 0) is 9.47 Å². The Morgan fingerprint density at radius 1 is 0.479 bits per heavy atom. The number of carbonyl (C=O) groups excluding carboxylic acids is 2. The molecule has 0 bridgehead atoms. The van der Waals surface area contributed by atoms with E-state index in [4.69, 9.17) is 9.47 Å². The number of ether oxygens (including phenoxy) is 2. The van der Waals surface area contributed by atoms with Crippen molar-refractivity contribution in [3.05, 3.63) is 120 Å². The molecule has 8 rings (SSSR count). The molecule has 0 saturated heterocycles. The maximum atomic E-state index is 13.7. The van der Waals surface area contributed by atoms with E-state index in [1.54, 1.807) is 0 Å². The highest BCUT2D eigenvalue weighted by atomic mass is 16.5. The first-order valence-electron chi connectivity index (χ1n) is 17.5. The largest absolute Gasteiger partial charge is 0.459 e. The van der Waals surface area contributed by atoms with Crippen molar-refractivity contribution in [2.45, 2.75) is 75.7 Å². The fourth-order valence-corrected chi connectivity index (χ4v) is 8.33. The van der Waals surface area contributed by atoms with Gasteiger partial charge < -0.3 is 14.4 Å². The maximum Gasteiger partial charge on any atom is 0.339 e. The first-order valence-corrected chi connectivity index (χ1v) is 17.5. The van der Waals surface area contributed by atoms with E-state index < -0.39 is 0 Å². The average molecular weight is 636 g/mol. The topological polar surface area (TPSA) is 55.8 Å². The SMILES string of the molecule is CN(C1CCC(OC(=O)c2c3ccccc3cc3ccccc23)CC1)C1CCC(OC(=O)c2c3ccccc3cc3ccccc23)CC1. The Kier molecular flexibility index (Phi) is 8.31. The summed E-state index contributed by atoms with van der Waals surface area (Å²) < 4.78 is 12.4. The van der Waals surface area contributed by atoms with Gasteiger partial charge in [0, 0.05) is 12.1 Å². The highest BCUT2D eigenvalue weighted by Crippen LogP contribution is 2.35. The second kappa shape index (κ2) is 13.0. The first-order chi connectivity index (χ1) is 23.5. The summed E-state index contributed by atoms with van der Waals surface area (Å²) in [5.41, 5.74) is 1.35. The molecule has 0 aromatic heterocycles. The third-order valence-corrected chi connectivity index (χ3v) is 10.9. The quantitative estimate of drug-likeness (QED) is 0.135. The Bertz CT molecular complexity index is 1880. The number of fused-ring (bicyclic) bond motifs is 4. The van der Waals surface area contributed by atoms with Crippen LogP contribution in [-0.4, -0.2) is 48.2 Å². The lowest BCUT2D eigenvalue weighted by Gasteiger charge is -2.41. The van der Waals surface area contributed by atoms with Crippen LogP contribution in [0.15, 0.2) is 109 Å². The predicted molar refractivity (Wildman–Crippen MR) is 194 cm³/mol. The Morgan fingerprint density at radius 3 is 1.08 bits per heavy atom. The van der Waals surface area contributed by atoms with Crippen LogP contribution >= 0.6 is 0 Å². The van der Waals surface area contributed by atoms with Crippen LogP contribution in [0.5, 0.6) is 0 Å². The van der Waals surface area contributed by atoms with E-state index in [-0.39, 0.29) is 24.1 Å². The molecule has 0 aliphatic heterocycles. The molecule has 0 amide bonds. The number of nitrogens with zero attached hydrogens (tertiary/aromatic N) is 1. The number of hydrogen-bond acceptors (Lipinski definition) is 5. The van der Waals surface area contributed by atoms with Crippen LogP contribution in [0.25, 0.3) is 43.1 Å². The molecule has 2 aliphatic carbocycles. The number of carbonyl (C=O) groups is 2. The van der Waals surface area contributed by atoms with Crippen molar-refractivity contribution in [3.63, 3.8) is 0 Å². The van der Waals surface area contributed by atoms with Gasteiger partial charge in [0.15, 0.2) is 0 Å². The zero-order chi connectivity index (χ0) is 32.6. The van der Waals surface area contributed by atoms with E-state index in [0.29, 0.717) is 23.2 Å². The molecule has 5 heteroatoms. The molecule has 5 nitrogen and oxygen atoms in total. The first kappa shape index (κ1) is 30.6. The van der Waals surface area contributed by atoms with Gasteiger partial charge in [-0.05, 0) is 114 Å². The van der Waals surface area contributed by atoms with E-state index in [2.05, 4.69) is 48.3 Å². The van der Waals surface area contributed by atoms with Crippen molar-refractivity contribution in [3.8, 4) is 0 Å². The van der Waals surface area contributed by atoms with Crippen LogP contribution < -0.4 is 0 Å². The van der Waals surface area contributed by atoms with Gasteiger partial charge in [0.25, 0.3) is 0 Å². The van der Waals surface area contributed by atoms with Gasteiger partial charge in [-0.3, -0.25) is 0 Å². The van der Waals surface area contributed by atoms with Crippen molar-refractivity contribution in [2.75, 3.05) is 7.05 Å². The van der Waals surface area contributed by atoms with E-state index >= 15 is 0 Å². The minimum absolute atomic E-state index is 0.0693. The number of hydrogen-bond donors (Lipinski definition) is 0. The lowest BCUT2D eigenvalue weighted by Crippen LogP contribution is -2.45. The van der Waals surface area contributed by atoms with E-state index in [9.17, 15) is 9.59 Å². The van der Waals surface area contributed by atoms with Gasteiger partial charge in [0.1, 0.15) is 12.2 Å². The summed E-state index contributed by atoms with van der Waals surface area (Å²) in [5, 5.41) is 8.01. The van der Waals surface area contributed by atoms with E-state index in [0.717, 1.165) is 94.5 Å². The predicted octanol–water partition coefficient (Wildman–Crippen LogP) is 9.87. The number of rotatable bonds is 6. The zero-order valence-electron chi connectivity index (χ0n) is 27.4. The van der Waals surface area contributed by atoms with Gasteiger partial charge in [-0.2, -0.15) is 0 Å². The molecule has 2 aliphatic rings. The third kappa shape index (κ3) is 5.81. The normalized spacial score (nSPS) is 21.5. The molecule has 0 heterocycles. The molecular weight excluding hydrogens is 594 g/mol. The second-order valence-electron chi connectivity index (χ2n) is 13.7. The van der Waals surface area contributed by atoms with Crippen molar-refractivity contribution >= 4 is 55.0 Å². The van der Waals surface area contributed by atoms with E-state index in [1.807, 2.05) is 72.8 Å². The molecule has 2 fully saturated rings. The van der Waals surface area contributed by atoms with Crippen LogP contribution in [0.4, 0.5) is 0 Å². The van der Waals surface area contributed by atoms with Gasteiger partial charge in [-0.15, -0.1) is 0 Å². The summed E-state index contributed by atoms with van der Waals surface area (Å²) in [7, 11) is 2.25. The van der Waals surface area contributed by atoms with Gasteiger partial charge in [0.05, 0.1) is 11.1 Å². The Balaban J connectivity index is 0.873. The van der Waals surface area contributed by atoms with Gasteiger partial charge in [-0.1, -0.05) is 97.1 Å². The Labute approximate surface area is 281 Å². The van der Waals surface area contributed by atoms with Crippen molar-refractivity contribution in [1.82, 2.24) is 4.90 Å². The minimum atomic E-state index is -0.218. The fraction of sp³-hybridized carbons (Fsp3) is 0.302. The molecule has 0 spiro atoms. The standard InChI is InChI=1S/C43H41NO4/c1-44(32-18-22-34(23-19-32)47-42(45)40-36-14-6-2-10-28(36)26-29-11-3-7-15-37(29)40)33-20-24-35(25-21-33)48-43(46)41-38-16-8-4-12-30(38)27-31-13-5-9-17-39(31)41/h2-17,26-27,32-35H,18-25H2,1H3. The summed E-state index contributed by atoms with van der Waals surface area (Å²) in [4.78, 5) is 29.9. The molecule has 2 saturated carbocycles. The molecule has 0 radical (unpaired) electrons. The molecule has 0 N–H and O–H groups in total. The Morgan fingerprint density at radius 2 is 0.771 bits per heavy atom. The Hall–Kier alpha value is -4.74. The lowest BCUT2D eigenvalue weighted by atomic mass is 9.87. The van der Waals surface area contributed by atoms with Crippen molar-refractivity contribution in [2.24, 2.45) is 0 Å². The second-order valence-corrected chi connectivity index (χ2v) is 13.7. The number of benzene rings is 6. The van der Waals surface area contributed by atoms with Crippen molar-refractivity contribution < 1.29 is 19.1 Å². The monoisotopic (exact) mass is 635 g/mol. The molecule has 0 atom stereocenters. The summed E-state index contributed by atoms with van der Waals surface area (Å²) in [6, 6.07) is 37.5. The summed E-state index contributed by atoms with van der Waals surface area (Å²) in [6.07, 6.45) is 7.37. The van der Waals surface area contributed by atoms with Crippen LogP contribution in [0.3, 0.4) is 0 Å². The van der Waals surface area contributed by atoms with Gasteiger partial charge >= 0.3 is 11.9 Å². The minimum Gasteiger partial charge on any atom is -0.459 e. The lowest BCUT2D eigenvalue weighted by molar-refractivity contribution is -0.00240. The maximum absolute atomic E-state index is 13.7. The molecule has 48 heavy (non-hydrogen) atoms. The summed E-state index contributed by atoms with van der Waals surface area (Å²) >= 11 is 0. The molecule has 0 unspecified atom stereocenters. The van der Waals surface area contributed by atoms with Crippen molar-refractivity contribution in [1.29, 1.82) is 0 Å². The highest BCUT2D eigenvalue weighted by Gasteiger charge is 2.33.